The minimum absolute atomic E-state index is 0.0559. The maximum absolute atomic E-state index is 12.6. The summed E-state index contributed by atoms with van der Waals surface area (Å²) in [6.45, 7) is 24.8. The van der Waals surface area contributed by atoms with E-state index in [-0.39, 0.29) is 16.2 Å². The molecular formula is C59H61N4O+. The zero-order valence-electron chi connectivity index (χ0n) is 39.3. The van der Waals surface area contributed by atoms with Crippen molar-refractivity contribution in [2.75, 3.05) is 4.90 Å². The zero-order chi connectivity index (χ0) is 45.3. The first-order valence-electron chi connectivity index (χ1n) is 22.6. The Morgan fingerprint density at radius 1 is 0.562 bits per heavy atom. The first-order valence-corrected chi connectivity index (χ1v) is 22.6. The monoisotopic (exact) mass is 841 g/mol. The summed E-state index contributed by atoms with van der Waals surface area (Å²) in [6.07, 6.45) is 6.37. The van der Waals surface area contributed by atoms with Gasteiger partial charge < -0.3 is 5.11 Å². The van der Waals surface area contributed by atoms with Crippen LogP contribution < -0.4 is 14.5 Å². The zero-order valence-corrected chi connectivity index (χ0v) is 39.3. The predicted octanol–water partition coefficient (Wildman–Crippen LogP) is 13.4. The molecule has 4 heterocycles. The summed E-state index contributed by atoms with van der Waals surface area (Å²) in [4.78, 5) is 7.28. The molecule has 0 saturated heterocycles. The van der Waals surface area contributed by atoms with Crippen molar-refractivity contribution in [1.82, 2.24) is 9.55 Å². The summed E-state index contributed by atoms with van der Waals surface area (Å²) in [5, 5.41) is 14.8. The van der Waals surface area contributed by atoms with Crippen molar-refractivity contribution in [2.45, 2.75) is 97.9 Å². The summed E-state index contributed by atoms with van der Waals surface area (Å²) in [5.74, 6) is 1.27. The molecule has 0 fully saturated rings. The molecule has 1 aliphatic rings. The number of anilines is 1. The van der Waals surface area contributed by atoms with Gasteiger partial charge in [0.1, 0.15) is 22.1 Å². The molecule has 0 atom stereocenters. The molecule has 5 nitrogen and oxygen atoms in total. The predicted molar refractivity (Wildman–Crippen MR) is 267 cm³/mol. The van der Waals surface area contributed by atoms with Gasteiger partial charge in [0.2, 0.25) is 5.82 Å². The third-order valence-electron chi connectivity index (χ3n) is 13.1. The largest absolute Gasteiger partial charge is 0.504 e. The number of hydrogen-bond donors (Lipinski definition) is 1. The average molecular weight is 842 g/mol. The van der Waals surface area contributed by atoms with Crippen LogP contribution in [0, 0.1) is 6.34 Å². The van der Waals surface area contributed by atoms with Crippen molar-refractivity contribution in [3.8, 4) is 45.1 Å². The topological polar surface area (TPSA) is 47.2 Å². The van der Waals surface area contributed by atoms with Crippen LogP contribution in [-0.4, -0.2) is 20.2 Å². The van der Waals surface area contributed by atoms with Gasteiger partial charge >= 0.3 is 0 Å². The third-order valence-corrected chi connectivity index (χ3v) is 13.1. The van der Waals surface area contributed by atoms with Gasteiger partial charge in [-0.1, -0.05) is 172 Å². The van der Waals surface area contributed by atoms with E-state index >= 15 is 0 Å². The first kappa shape index (κ1) is 42.6. The number of para-hydroxylation sites is 1. The average Bonchev–Trinajstić information content (AvgIpc) is 3.65. The molecule has 0 amide bonds. The lowest BCUT2D eigenvalue weighted by atomic mass is 9.77. The summed E-state index contributed by atoms with van der Waals surface area (Å²) in [5.41, 5.74) is 12.9. The van der Waals surface area contributed by atoms with Gasteiger partial charge in [0, 0.05) is 34.3 Å². The van der Waals surface area contributed by atoms with Gasteiger partial charge in [0.05, 0.1) is 11.9 Å². The van der Waals surface area contributed by atoms with Crippen LogP contribution in [-0.2, 0) is 16.2 Å². The number of fused-ring (bicyclic) bond motifs is 2. The number of hydrogen-bond acceptors (Lipinski definition) is 3. The molecule has 8 aromatic rings. The van der Waals surface area contributed by atoms with Crippen LogP contribution >= 0.6 is 0 Å². The molecule has 64 heavy (non-hydrogen) atoms. The smallest absolute Gasteiger partial charge is 0.237 e. The van der Waals surface area contributed by atoms with Crippen molar-refractivity contribution < 1.29 is 9.35 Å². The van der Waals surface area contributed by atoms with Gasteiger partial charge in [-0.15, -0.1) is 0 Å². The molecule has 9 rings (SSSR count). The molecule has 0 radical (unpaired) electrons. The van der Waals surface area contributed by atoms with Gasteiger partial charge in [0.15, 0.2) is 12.1 Å². The van der Waals surface area contributed by atoms with Crippen molar-refractivity contribution in [3.63, 3.8) is 0 Å². The molecule has 0 aliphatic carbocycles. The number of phenolic OH excluding ortho intramolecular Hbond substituents is 1. The van der Waals surface area contributed by atoms with E-state index in [2.05, 4.69) is 248 Å². The van der Waals surface area contributed by atoms with Crippen LogP contribution in [0.15, 0.2) is 158 Å². The maximum atomic E-state index is 12.6. The highest BCUT2D eigenvalue weighted by Gasteiger charge is 2.43. The van der Waals surface area contributed by atoms with Crippen LogP contribution in [0.3, 0.4) is 0 Å². The summed E-state index contributed by atoms with van der Waals surface area (Å²) >= 11 is 0. The molecular weight excluding hydrogens is 781 g/mol. The van der Waals surface area contributed by atoms with E-state index < -0.39 is 5.54 Å². The lowest BCUT2D eigenvalue weighted by molar-refractivity contribution is -0.523. The van der Waals surface area contributed by atoms with Crippen LogP contribution in [0.1, 0.15) is 98.4 Å². The van der Waals surface area contributed by atoms with Gasteiger partial charge in [-0.2, -0.15) is 0 Å². The van der Waals surface area contributed by atoms with Gasteiger partial charge in [-0.25, -0.2) is 8.81 Å². The van der Waals surface area contributed by atoms with Crippen molar-refractivity contribution in [2.24, 2.45) is 0 Å². The molecule has 0 unspecified atom stereocenters. The third kappa shape index (κ3) is 7.51. The van der Waals surface area contributed by atoms with E-state index in [1.165, 1.54) is 16.7 Å². The van der Waals surface area contributed by atoms with Crippen LogP contribution in [0.2, 0.25) is 0 Å². The van der Waals surface area contributed by atoms with E-state index in [0.717, 1.165) is 72.4 Å². The number of aromatic hydroxyl groups is 1. The molecule has 322 valence electrons. The Morgan fingerprint density at radius 3 is 1.89 bits per heavy atom. The lowest BCUT2D eigenvalue weighted by Gasteiger charge is -2.39. The Morgan fingerprint density at radius 2 is 1.22 bits per heavy atom. The Balaban J connectivity index is 1.39. The van der Waals surface area contributed by atoms with Crippen LogP contribution in [0.4, 0.5) is 5.69 Å². The summed E-state index contributed by atoms with van der Waals surface area (Å²) < 4.78 is 4.64. The Labute approximate surface area is 379 Å². The standard InChI is InChI=1S/C59H60N4O/c1-56(2,3)42-29-30-45(46(34-42)40-23-16-13-17-24-40)54-51-27-20-28-53(62(51)38-63(59(54,10)11)52-36-43(57(4,5)6)35-48(55(52)64)58(7,8)9)61-37-47(44-25-18-19-26-50(44)61)49-33-41(31-32-60-49)39-21-14-12-15-22-39/h12-38H,1-11H3/p+1. The van der Waals surface area contributed by atoms with Crippen molar-refractivity contribution in [3.05, 3.63) is 192 Å². The first-order chi connectivity index (χ1) is 30.3. The minimum atomic E-state index is -0.653. The van der Waals surface area contributed by atoms with E-state index in [1.54, 1.807) is 0 Å². The highest BCUT2D eigenvalue weighted by atomic mass is 16.3. The fourth-order valence-corrected chi connectivity index (χ4v) is 9.41. The molecule has 1 aliphatic heterocycles. The Kier molecular flexibility index (Phi) is 10.3. The normalized spacial score (nSPS) is 14.1. The Bertz CT molecular complexity index is 3190. The van der Waals surface area contributed by atoms with E-state index in [9.17, 15) is 5.11 Å². The molecule has 5 heteroatoms. The highest BCUT2D eigenvalue weighted by molar-refractivity contribution is 5.96. The number of pyridine rings is 2. The molecule has 0 bridgehead atoms. The second-order valence-electron chi connectivity index (χ2n) is 21.1. The maximum Gasteiger partial charge on any atom is 0.237 e. The number of rotatable bonds is 6. The number of aromatic nitrogens is 3. The molecule has 3 aromatic heterocycles. The second kappa shape index (κ2) is 15.5. The van der Waals surface area contributed by atoms with Gasteiger partial charge in [-0.3, -0.25) is 9.88 Å². The summed E-state index contributed by atoms with van der Waals surface area (Å²) in [7, 11) is 0. The fraction of sp³-hybridized carbons (Fsp3) is 0.254. The van der Waals surface area contributed by atoms with Crippen LogP contribution in [0.5, 0.6) is 5.75 Å². The molecule has 1 N–H and O–H groups in total. The van der Waals surface area contributed by atoms with E-state index in [4.69, 9.17) is 4.98 Å². The molecule has 0 spiro atoms. The lowest BCUT2D eigenvalue weighted by Crippen LogP contribution is -2.58. The van der Waals surface area contributed by atoms with Crippen LogP contribution in [0.25, 0.3) is 55.8 Å². The number of benzene rings is 5. The van der Waals surface area contributed by atoms with E-state index in [1.807, 2.05) is 6.20 Å². The van der Waals surface area contributed by atoms with Gasteiger partial charge in [0.25, 0.3) is 0 Å². The van der Waals surface area contributed by atoms with Crippen molar-refractivity contribution >= 4 is 22.2 Å². The number of nitrogens with zero attached hydrogens (tertiary/aromatic N) is 4. The second-order valence-corrected chi connectivity index (χ2v) is 21.1. The highest BCUT2D eigenvalue weighted by Crippen LogP contribution is 2.47. The fourth-order valence-electron chi connectivity index (χ4n) is 9.41. The number of phenols is 1. The minimum Gasteiger partial charge on any atom is -0.504 e. The van der Waals surface area contributed by atoms with E-state index in [0.29, 0.717) is 5.75 Å². The molecule has 0 saturated carbocycles. The molecule has 5 aromatic carbocycles. The quantitative estimate of drug-likeness (QED) is 0.170. The van der Waals surface area contributed by atoms with Crippen molar-refractivity contribution in [1.29, 1.82) is 0 Å². The summed E-state index contributed by atoms with van der Waals surface area (Å²) in [6, 6.07) is 52.3. The Hall–Kier alpha value is -6.72. The SMILES string of the molecule is CC(C)(C)c1ccc(C2=c3cccc(-n4cc(-c5cc(-c6ccccc6)ccn5)c5ccccc54)[n+]3=CN(c3cc(C(C)(C)C)cc(C(C)(C)C)c3O)C2(C)C)c(-c2ccccc2)c1. The van der Waals surface area contributed by atoms with Gasteiger partial charge in [-0.05, 0) is 99.4 Å².